The lowest BCUT2D eigenvalue weighted by atomic mass is 10.2. The van der Waals surface area contributed by atoms with E-state index in [4.69, 9.17) is 11.6 Å². The first kappa shape index (κ1) is 16.8. The first-order chi connectivity index (χ1) is 10.5. The monoisotopic (exact) mass is 323 g/mol. The maximum Gasteiger partial charge on any atom is 0.224 e. The first-order valence-corrected chi connectivity index (χ1v) is 7.86. The molecule has 2 rings (SSSR count). The lowest BCUT2D eigenvalue weighted by Gasteiger charge is -2.32. The van der Waals surface area contributed by atoms with Gasteiger partial charge in [-0.25, -0.2) is 0 Å². The molecule has 1 aromatic rings. The molecule has 1 fully saturated rings. The summed E-state index contributed by atoms with van der Waals surface area (Å²) in [7, 11) is 2.04. The van der Waals surface area contributed by atoms with Gasteiger partial charge in [-0.15, -0.1) is 0 Å². The molecule has 2 amide bonds. The van der Waals surface area contributed by atoms with Crippen LogP contribution in [0.25, 0.3) is 0 Å². The molecule has 1 heterocycles. The minimum Gasteiger partial charge on any atom is -0.340 e. The maximum atomic E-state index is 12.1. The highest BCUT2D eigenvalue weighted by molar-refractivity contribution is 6.31. The van der Waals surface area contributed by atoms with Gasteiger partial charge in [0, 0.05) is 49.7 Å². The number of piperazine rings is 1. The highest BCUT2D eigenvalue weighted by Crippen LogP contribution is 2.20. The van der Waals surface area contributed by atoms with Gasteiger partial charge in [-0.05, 0) is 31.7 Å². The third-order valence-electron chi connectivity index (χ3n) is 3.88. The highest BCUT2D eigenvalue weighted by atomic mass is 35.5. The van der Waals surface area contributed by atoms with Gasteiger partial charge < -0.3 is 15.1 Å². The molecule has 120 valence electrons. The van der Waals surface area contributed by atoms with E-state index in [1.807, 2.05) is 24.9 Å². The molecule has 6 heteroatoms. The number of anilines is 1. The molecular weight excluding hydrogens is 302 g/mol. The number of rotatable bonds is 4. The Labute approximate surface area is 136 Å². The number of nitrogens with one attached hydrogen (secondary N) is 1. The van der Waals surface area contributed by atoms with E-state index in [0.29, 0.717) is 10.7 Å². The van der Waals surface area contributed by atoms with Crippen molar-refractivity contribution < 1.29 is 9.59 Å². The minimum absolute atomic E-state index is 0.0465. The molecule has 0 unspecified atom stereocenters. The number of hydrogen-bond acceptors (Lipinski definition) is 3. The third-order valence-corrected chi connectivity index (χ3v) is 4.28. The standard InChI is InChI=1S/C16H22ClN3O2/c1-12-3-4-13(11-14(12)17)18-15(21)5-6-16(22)20-9-7-19(2)8-10-20/h3-4,11H,5-10H2,1-2H3,(H,18,21). The molecule has 22 heavy (non-hydrogen) atoms. The average Bonchev–Trinajstić information content (AvgIpc) is 2.49. The van der Waals surface area contributed by atoms with Crippen LogP contribution >= 0.6 is 11.6 Å². The molecule has 0 saturated carbocycles. The largest absolute Gasteiger partial charge is 0.340 e. The summed E-state index contributed by atoms with van der Waals surface area (Å²) in [6.07, 6.45) is 0.436. The van der Waals surface area contributed by atoms with Gasteiger partial charge in [0.25, 0.3) is 0 Å². The predicted molar refractivity (Wildman–Crippen MR) is 88.1 cm³/mol. The molecule has 0 bridgehead atoms. The third kappa shape index (κ3) is 4.71. The van der Waals surface area contributed by atoms with Gasteiger partial charge in [-0.2, -0.15) is 0 Å². The molecule has 1 saturated heterocycles. The second-order valence-corrected chi connectivity index (χ2v) is 6.10. The van der Waals surface area contributed by atoms with Gasteiger partial charge in [-0.3, -0.25) is 9.59 Å². The van der Waals surface area contributed by atoms with Crippen molar-refractivity contribution in [2.45, 2.75) is 19.8 Å². The van der Waals surface area contributed by atoms with E-state index < -0.39 is 0 Å². The number of nitrogens with zero attached hydrogens (tertiary/aromatic N) is 2. The fraction of sp³-hybridized carbons (Fsp3) is 0.500. The zero-order chi connectivity index (χ0) is 16.1. The van der Waals surface area contributed by atoms with Crippen molar-refractivity contribution in [1.29, 1.82) is 0 Å². The minimum atomic E-state index is -0.164. The molecule has 1 N–H and O–H groups in total. The summed E-state index contributed by atoms with van der Waals surface area (Å²) in [5.41, 5.74) is 1.62. The summed E-state index contributed by atoms with van der Waals surface area (Å²) in [5.74, 6) is -0.118. The van der Waals surface area contributed by atoms with Crippen molar-refractivity contribution in [1.82, 2.24) is 9.80 Å². The number of amides is 2. The topological polar surface area (TPSA) is 52.7 Å². The lowest BCUT2D eigenvalue weighted by Crippen LogP contribution is -2.47. The molecule has 0 radical (unpaired) electrons. The first-order valence-electron chi connectivity index (χ1n) is 7.48. The number of hydrogen-bond donors (Lipinski definition) is 1. The Bertz CT molecular complexity index is 554. The second kappa shape index (κ2) is 7.61. The van der Waals surface area contributed by atoms with Crippen molar-refractivity contribution in [3.05, 3.63) is 28.8 Å². The molecule has 0 atom stereocenters. The molecular formula is C16H22ClN3O2. The van der Waals surface area contributed by atoms with Crippen LogP contribution in [0.15, 0.2) is 18.2 Å². The summed E-state index contributed by atoms with van der Waals surface area (Å²) < 4.78 is 0. The van der Waals surface area contributed by atoms with Crippen LogP contribution in [0, 0.1) is 6.92 Å². The number of carbonyl (C=O) groups excluding carboxylic acids is 2. The van der Waals surface area contributed by atoms with E-state index in [-0.39, 0.29) is 24.7 Å². The molecule has 0 aromatic heterocycles. The average molecular weight is 324 g/mol. The normalized spacial score (nSPS) is 15.7. The van der Waals surface area contributed by atoms with Crippen molar-refractivity contribution in [3.8, 4) is 0 Å². The molecule has 5 nitrogen and oxygen atoms in total. The maximum absolute atomic E-state index is 12.1. The highest BCUT2D eigenvalue weighted by Gasteiger charge is 2.19. The van der Waals surface area contributed by atoms with E-state index in [1.54, 1.807) is 12.1 Å². The molecule has 1 aromatic carbocycles. The molecule has 0 aliphatic carbocycles. The second-order valence-electron chi connectivity index (χ2n) is 5.70. The summed E-state index contributed by atoms with van der Waals surface area (Å²) in [4.78, 5) is 28.0. The van der Waals surface area contributed by atoms with Crippen LogP contribution in [-0.4, -0.2) is 54.8 Å². The fourth-order valence-corrected chi connectivity index (χ4v) is 2.51. The Morgan fingerprint density at radius 1 is 1.18 bits per heavy atom. The fourth-order valence-electron chi connectivity index (χ4n) is 2.33. The van der Waals surface area contributed by atoms with E-state index in [1.165, 1.54) is 0 Å². The summed E-state index contributed by atoms with van der Waals surface area (Å²) >= 11 is 6.02. The lowest BCUT2D eigenvalue weighted by molar-refractivity contribution is -0.134. The molecule has 1 aliphatic rings. The van der Waals surface area contributed by atoms with Gasteiger partial charge in [0.2, 0.25) is 11.8 Å². The summed E-state index contributed by atoms with van der Waals surface area (Å²) in [5, 5.41) is 3.39. The van der Waals surface area contributed by atoms with E-state index in [0.717, 1.165) is 31.7 Å². The van der Waals surface area contributed by atoms with Crippen LogP contribution in [0.5, 0.6) is 0 Å². The van der Waals surface area contributed by atoms with Gasteiger partial charge in [0.1, 0.15) is 0 Å². The van der Waals surface area contributed by atoms with Crippen molar-refractivity contribution >= 4 is 29.1 Å². The van der Waals surface area contributed by atoms with Crippen molar-refractivity contribution in [2.75, 3.05) is 38.5 Å². The number of aryl methyl sites for hydroxylation is 1. The Morgan fingerprint density at radius 3 is 2.50 bits per heavy atom. The quantitative estimate of drug-likeness (QED) is 0.923. The number of halogens is 1. The van der Waals surface area contributed by atoms with Crippen molar-refractivity contribution in [3.63, 3.8) is 0 Å². The Kier molecular flexibility index (Phi) is 5.80. The Balaban J connectivity index is 1.77. The number of benzene rings is 1. The van der Waals surface area contributed by atoms with Crippen LogP contribution < -0.4 is 5.32 Å². The van der Waals surface area contributed by atoms with Crippen LogP contribution in [-0.2, 0) is 9.59 Å². The van der Waals surface area contributed by atoms with Crippen LogP contribution in [0.2, 0.25) is 5.02 Å². The summed E-state index contributed by atoms with van der Waals surface area (Å²) in [6.45, 7) is 5.16. The van der Waals surface area contributed by atoms with Gasteiger partial charge in [-0.1, -0.05) is 17.7 Å². The molecule has 1 aliphatic heterocycles. The smallest absolute Gasteiger partial charge is 0.224 e. The predicted octanol–water partition coefficient (Wildman–Crippen LogP) is 2.14. The van der Waals surface area contributed by atoms with Crippen LogP contribution in [0.1, 0.15) is 18.4 Å². The number of carbonyl (C=O) groups is 2. The zero-order valence-corrected chi connectivity index (χ0v) is 13.8. The van der Waals surface area contributed by atoms with Crippen LogP contribution in [0.4, 0.5) is 5.69 Å². The van der Waals surface area contributed by atoms with Gasteiger partial charge in [0.15, 0.2) is 0 Å². The SMILES string of the molecule is Cc1ccc(NC(=O)CCC(=O)N2CCN(C)CC2)cc1Cl. The van der Waals surface area contributed by atoms with Crippen LogP contribution in [0.3, 0.4) is 0 Å². The zero-order valence-electron chi connectivity index (χ0n) is 13.1. The van der Waals surface area contributed by atoms with E-state index in [2.05, 4.69) is 10.2 Å². The van der Waals surface area contributed by atoms with Gasteiger partial charge in [0.05, 0.1) is 0 Å². The van der Waals surface area contributed by atoms with E-state index in [9.17, 15) is 9.59 Å². The van der Waals surface area contributed by atoms with Gasteiger partial charge >= 0.3 is 0 Å². The van der Waals surface area contributed by atoms with Crippen molar-refractivity contribution in [2.24, 2.45) is 0 Å². The summed E-state index contributed by atoms with van der Waals surface area (Å²) in [6, 6.07) is 5.38. The Morgan fingerprint density at radius 2 is 1.86 bits per heavy atom. The van der Waals surface area contributed by atoms with E-state index >= 15 is 0 Å². The molecule has 0 spiro atoms. The number of likely N-dealkylation sites (N-methyl/N-ethyl adjacent to an activating group) is 1. The Hall–Kier alpha value is -1.59.